The monoisotopic (exact) mass is 595 g/mol. The fourth-order valence-corrected chi connectivity index (χ4v) is 4.20. The third-order valence-electron chi connectivity index (χ3n) is 5.77. The summed E-state index contributed by atoms with van der Waals surface area (Å²) in [7, 11) is 0. The standard InChI is InChI=1S/C30H34BrN3O3S/c1-19(2)15-16-37-26-14-11-21(17-25(26)31)28(36)34-29(38)33-24-8-6-7-23(18-24)32-27(35)20-9-12-22(13-10-20)30(3,4)5/h6-14,17-19H,15-16H2,1-5H3,(H,32,35)(H2,33,34,36,38). The van der Waals surface area contributed by atoms with Crippen LogP contribution >= 0.6 is 28.1 Å². The molecule has 8 heteroatoms. The lowest BCUT2D eigenvalue weighted by Gasteiger charge is -2.19. The average molecular weight is 597 g/mol. The van der Waals surface area contributed by atoms with E-state index in [9.17, 15) is 9.59 Å². The van der Waals surface area contributed by atoms with Crippen LogP contribution in [0.5, 0.6) is 5.75 Å². The van der Waals surface area contributed by atoms with Crippen molar-refractivity contribution >= 4 is 56.4 Å². The third-order valence-corrected chi connectivity index (χ3v) is 6.59. The van der Waals surface area contributed by atoms with Gasteiger partial charge in [-0.05, 0) is 100.0 Å². The summed E-state index contributed by atoms with van der Waals surface area (Å²) in [6, 6.07) is 19.9. The molecule has 0 aliphatic carbocycles. The Morgan fingerprint density at radius 2 is 1.53 bits per heavy atom. The Morgan fingerprint density at radius 1 is 0.895 bits per heavy atom. The Labute approximate surface area is 238 Å². The predicted molar refractivity (Wildman–Crippen MR) is 162 cm³/mol. The first-order chi connectivity index (χ1) is 17.9. The molecule has 0 saturated heterocycles. The minimum atomic E-state index is -0.347. The molecule has 2 amide bonds. The van der Waals surface area contributed by atoms with E-state index in [4.69, 9.17) is 17.0 Å². The van der Waals surface area contributed by atoms with Gasteiger partial charge < -0.3 is 15.4 Å². The summed E-state index contributed by atoms with van der Waals surface area (Å²) < 4.78 is 6.48. The maximum atomic E-state index is 12.7. The molecule has 0 aliphatic rings. The summed E-state index contributed by atoms with van der Waals surface area (Å²) in [5.41, 5.74) is 3.42. The number of anilines is 2. The number of hydrogen-bond acceptors (Lipinski definition) is 4. The number of ether oxygens (including phenoxy) is 1. The Morgan fingerprint density at radius 3 is 2.13 bits per heavy atom. The number of thiocarbonyl (C=S) groups is 1. The van der Waals surface area contributed by atoms with Crippen LogP contribution in [0.1, 0.15) is 67.3 Å². The fourth-order valence-electron chi connectivity index (χ4n) is 3.50. The van der Waals surface area contributed by atoms with E-state index in [2.05, 4.69) is 66.5 Å². The van der Waals surface area contributed by atoms with Crippen LogP contribution in [0, 0.1) is 5.92 Å². The number of hydrogen-bond donors (Lipinski definition) is 3. The summed E-state index contributed by atoms with van der Waals surface area (Å²) >= 11 is 8.81. The Hall–Kier alpha value is -3.23. The Balaban J connectivity index is 1.57. The molecule has 0 radical (unpaired) electrons. The minimum Gasteiger partial charge on any atom is -0.492 e. The van der Waals surface area contributed by atoms with Gasteiger partial charge in [-0.15, -0.1) is 0 Å². The van der Waals surface area contributed by atoms with Gasteiger partial charge in [0.15, 0.2) is 5.11 Å². The molecule has 3 aromatic rings. The zero-order valence-corrected chi connectivity index (χ0v) is 24.8. The van der Waals surface area contributed by atoms with Gasteiger partial charge in [-0.25, -0.2) is 0 Å². The molecular formula is C30H34BrN3O3S. The second-order valence-corrected chi connectivity index (χ2v) is 11.7. The molecular weight excluding hydrogens is 562 g/mol. The molecule has 0 fully saturated rings. The van der Waals surface area contributed by atoms with E-state index in [1.54, 1.807) is 42.5 Å². The van der Waals surface area contributed by atoms with Crippen LogP contribution in [0.15, 0.2) is 71.2 Å². The largest absolute Gasteiger partial charge is 0.492 e. The van der Waals surface area contributed by atoms with Gasteiger partial charge in [0, 0.05) is 22.5 Å². The first-order valence-corrected chi connectivity index (χ1v) is 13.7. The topological polar surface area (TPSA) is 79.5 Å². The first-order valence-electron chi connectivity index (χ1n) is 12.5. The van der Waals surface area contributed by atoms with Gasteiger partial charge in [0.05, 0.1) is 11.1 Å². The van der Waals surface area contributed by atoms with Crippen LogP contribution in [0.3, 0.4) is 0 Å². The van der Waals surface area contributed by atoms with Crippen LogP contribution in [0.2, 0.25) is 0 Å². The van der Waals surface area contributed by atoms with E-state index in [1.807, 2.05) is 24.3 Å². The molecule has 0 aliphatic heterocycles. The highest BCUT2D eigenvalue weighted by Gasteiger charge is 2.15. The molecule has 0 atom stereocenters. The molecule has 0 bridgehead atoms. The van der Waals surface area contributed by atoms with Crippen molar-refractivity contribution in [3.63, 3.8) is 0 Å². The van der Waals surface area contributed by atoms with E-state index in [0.29, 0.717) is 45.2 Å². The van der Waals surface area contributed by atoms with Crippen LogP contribution in [0.4, 0.5) is 11.4 Å². The Kier molecular flexibility index (Phi) is 10.1. The van der Waals surface area contributed by atoms with Crippen LogP contribution in [-0.2, 0) is 5.41 Å². The predicted octanol–water partition coefficient (Wildman–Crippen LogP) is 7.55. The SMILES string of the molecule is CC(C)CCOc1ccc(C(=O)NC(=S)Nc2cccc(NC(=O)c3ccc(C(C)(C)C)cc3)c2)cc1Br. The first kappa shape index (κ1) is 29.3. The van der Waals surface area contributed by atoms with Gasteiger partial charge >= 0.3 is 0 Å². The molecule has 0 spiro atoms. The van der Waals surface area contributed by atoms with Gasteiger partial charge in [-0.2, -0.15) is 0 Å². The number of carbonyl (C=O) groups excluding carboxylic acids is 2. The maximum Gasteiger partial charge on any atom is 0.257 e. The van der Waals surface area contributed by atoms with Crippen molar-refractivity contribution in [3.8, 4) is 5.75 Å². The molecule has 3 N–H and O–H groups in total. The van der Waals surface area contributed by atoms with Crippen molar-refractivity contribution in [3.05, 3.63) is 87.9 Å². The normalized spacial score (nSPS) is 11.1. The number of amides is 2. The van der Waals surface area contributed by atoms with Crippen molar-refractivity contribution in [1.29, 1.82) is 0 Å². The quantitative estimate of drug-likeness (QED) is 0.234. The third kappa shape index (κ3) is 8.67. The zero-order valence-electron chi connectivity index (χ0n) is 22.4. The van der Waals surface area contributed by atoms with Gasteiger partial charge in [-0.3, -0.25) is 14.9 Å². The van der Waals surface area contributed by atoms with Crippen molar-refractivity contribution in [1.82, 2.24) is 5.32 Å². The van der Waals surface area contributed by atoms with Crippen molar-refractivity contribution < 1.29 is 14.3 Å². The van der Waals surface area contributed by atoms with E-state index in [0.717, 1.165) is 12.0 Å². The molecule has 0 saturated carbocycles. The van der Waals surface area contributed by atoms with Crippen molar-refractivity contribution in [2.24, 2.45) is 5.92 Å². The van der Waals surface area contributed by atoms with Crippen LogP contribution < -0.4 is 20.7 Å². The van der Waals surface area contributed by atoms with Gasteiger partial charge in [0.25, 0.3) is 11.8 Å². The molecule has 200 valence electrons. The highest BCUT2D eigenvalue weighted by atomic mass is 79.9. The summed E-state index contributed by atoms with van der Waals surface area (Å²) in [5, 5.41) is 8.73. The second kappa shape index (κ2) is 13.0. The lowest BCUT2D eigenvalue weighted by Crippen LogP contribution is -2.34. The lowest BCUT2D eigenvalue weighted by molar-refractivity contribution is 0.0976. The number of rotatable bonds is 8. The number of halogens is 1. The van der Waals surface area contributed by atoms with Crippen LogP contribution in [-0.4, -0.2) is 23.5 Å². The lowest BCUT2D eigenvalue weighted by atomic mass is 9.87. The smallest absolute Gasteiger partial charge is 0.257 e. The number of nitrogens with one attached hydrogen (secondary N) is 3. The summed E-state index contributed by atoms with van der Waals surface area (Å²) in [6.07, 6.45) is 0.948. The molecule has 6 nitrogen and oxygen atoms in total. The molecule has 0 heterocycles. The van der Waals surface area contributed by atoms with E-state index < -0.39 is 0 Å². The highest BCUT2D eigenvalue weighted by molar-refractivity contribution is 9.10. The summed E-state index contributed by atoms with van der Waals surface area (Å²) in [4.78, 5) is 25.4. The van der Waals surface area contributed by atoms with Gasteiger partial charge in [0.2, 0.25) is 0 Å². The van der Waals surface area contributed by atoms with E-state index in [1.165, 1.54) is 0 Å². The van der Waals surface area contributed by atoms with E-state index >= 15 is 0 Å². The molecule has 3 aromatic carbocycles. The number of benzene rings is 3. The van der Waals surface area contributed by atoms with E-state index in [-0.39, 0.29) is 22.3 Å². The second-order valence-electron chi connectivity index (χ2n) is 10.4. The van der Waals surface area contributed by atoms with Crippen molar-refractivity contribution in [2.75, 3.05) is 17.2 Å². The van der Waals surface area contributed by atoms with Crippen molar-refractivity contribution in [2.45, 2.75) is 46.5 Å². The fraction of sp³-hybridized carbons (Fsp3) is 0.300. The molecule has 3 rings (SSSR count). The Bertz CT molecular complexity index is 1300. The highest BCUT2D eigenvalue weighted by Crippen LogP contribution is 2.27. The minimum absolute atomic E-state index is 0.0182. The van der Waals surface area contributed by atoms with Gasteiger partial charge in [-0.1, -0.05) is 52.8 Å². The zero-order chi connectivity index (χ0) is 27.9. The average Bonchev–Trinajstić information content (AvgIpc) is 2.84. The molecule has 0 unspecified atom stereocenters. The molecule has 38 heavy (non-hydrogen) atoms. The number of carbonyl (C=O) groups is 2. The maximum absolute atomic E-state index is 12.7. The van der Waals surface area contributed by atoms with Gasteiger partial charge in [0.1, 0.15) is 5.75 Å². The van der Waals surface area contributed by atoms with Crippen LogP contribution in [0.25, 0.3) is 0 Å². The molecule has 0 aromatic heterocycles. The summed E-state index contributed by atoms with van der Waals surface area (Å²) in [5.74, 6) is 0.683. The summed E-state index contributed by atoms with van der Waals surface area (Å²) in [6.45, 7) is 11.3.